The summed E-state index contributed by atoms with van der Waals surface area (Å²) in [4.78, 5) is 26.7. The number of carbonyl (C=O) groups excluding carboxylic acids is 2. The second-order valence-corrected chi connectivity index (χ2v) is 7.07. The van der Waals surface area contributed by atoms with Crippen LogP contribution in [0, 0.1) is 11.8 Å². The maximum absolute atomic E-state index is 12.5. The standard InChI is InChI=1S/C19H27N3O3.ClH/c23-17-12-20-10-16(17)11-21-19(25)15-7-4-8-22(13-15)18(24)9-14-5-2-1-3-6-14;/h1-3,5-6,15-17,20,23H,4,7-13H2,(H,21,25);1H. The molecule has 144 valence electrons. The van der Waals surface area contributed by atoms with Gasteiger partial charge in [-0.25, -0.2) is 0 Å². The number of benzene rings is 1. The highest BCUT2D eigenvalue weighted by atomic mass is 35.5. The van der Waals surface area contributed by atoms with Crippen LogP contribution in [0.2, 0.25) is 0 Å². The number of piperidine rings is 1. The molecule has 3 atom stereocenters. The number of likely N-dealkylation sites (tertiary alicyclic amines) is 1. The molecular formula is C19H28ClN3O3. The Morgan fingerprint density at radius 1 is 1.23 bits per heavy atom. The van der Waals surface area contributed by atoms with Crippen molar-refractivity contribution in [3.8, 4) is 0 Å². The van der Waals surface area contributed by atoms with E-state index in [0.717, 1.165) is 31.5 Å². The second-order valence-electron chi connectivity index (χ2n) is 7.07. The minimum Gasteiger partial charge on any atom is -0.391 e. The first-order valence-electron chi connectivity index (χ1n) is 9.11. The molecule has 0 radical (unpaired) electrons. The van der Waals surface area contributed by atoms with Gasteiger partial charge in [0.1, 0.15) is 0 Å². The van der Waals surface area contributed by atoms with Crippen molar-refractivity contribution in [2.75, 3.05) is 32.7 Å². The lowest BCUT2D eigenvalue weighted by Gasteiger charge is -2.32. The number of aliphatic hydroxyl groups is 1. The minimum atomic E-state index is -0.393. The van der Waals surface area contributed by atoms with Gasteiger partial charge in [-0.3, -0.25) is 9.59 Å². The molecular weight excluding hydrogens is 354 g/mol. The van der Waals surface area contributed by atoms with Crippen LogP contribution in [0.3, 0.4) is 0 Å². The summed E-state index contributed by atoms with van der Waals surface area (Å²) in [6.45, 7) is 3.02. The van der Waals surface area contributed by atoms with Crippen molar-refractivity contribution in [3.05, 3.63) is 35.9 Å². The van der Waals surface area contributed by atoms with Gasteiger partial charge in [0.2, 0.25) is 11.8 Å². The Morgan fingerprint density at radius 3 is 2.69 bits per heavy atom. The van der Waals surface area contributed by atoms with Crippen molar-refractivity contribution in [1.29, 1.82) is 0 Å². The second kappa shape index (κ2) is 9.90. The highest BCUT2D eigenvalue weighted by molar-refractivity contribution is 5.85. The maximum Gasteiger partial charge on any atom is 0.227 e. The fraction of sp³-hybridized carbons (Fsp3) is 0.579. The number of rotatable bonds is 5. The summed E-state index contributed by atoms with van der Waals surface area (Å²) in [5.74, 6) is -0.00115. The molecule has 2 saturated heterocycles. The Bertz CT molecular complexity index is 599. The first-order chi connectivity index (χ1) is 12.1. The van der Waals surface area contributed by atoms with E-state index in [4.69, 9.17) is 0 Å². The Labute approximate surface area is 160 Å². The fourth-order valence-electron chi connectivity index (χ4n) is 3.60. The summed E-state index contributed by atoms with van der Waals surface area (Å²) in [6.07, 6.45) is 1.66. The molecule has 0 spiro atoms. The minimum absolute atomic E-state index is 0. The van der Waals surface area contributed by atoms with Gasteiger partial charge >= 0.3 is 0 Å². The summed E-state index contributed by atoms with van der Waals surface area (Å²) >= 11 is 0. The van der Waals surface area contributed by atoms with Crippen molar-refractivity contribution >= 4 is 24.2 Å². The van der Waals surface area contributed by atoms with Gasteiger partial charge in [-0.15, -0.1) is 12.4 Å². The topological polar surface area (TPSA) is 81.7 Å². The van der Waals surface area contributed by atoms with Gasteiger partial charge in [0.25, 0.3) is 0 Å². The normalized spacial score (nSPS) is 25.4. The van der Waals surface area contributed by atoms with Crippen LogP contribution in [0.1, 0.15) is 18.4 Å². The lowest BCUT2D eigenvalue weighted by molar-refractivity contribution is -0.135. The molecule has 2 aliphatic rings. The number of aliphatic hydroxyl groups excluding tert-OH is 1. The van der Waals surface area contributed by atoms with E-state index in [2.05, 4.69) is 10.6 Å². The summed E-state index contributed by atoms with van der Waals surface area (Å²) in [6, 6.07) is 9.70. The van der Waals surface area contributed by atoms with Crippen LogP contribution in [0.5, 0.6) is 0 Å². The van der Waals surface area contributed by atoms with Gasteiger partial charge < -0.3 is 20.6 Å². The molecule has 1 aromatic rings. The number of carbonyl (C=O) groups is 2. The maximum atomic E-state index is 12.5. The van der Waals surface area contributed by atoms with E-state index in [1.807, 2.05) is 35.2 Å². The average molecular weight is 382 g/mol. The van der Waals surface area contributed by atoms with Gasteiger partial charge in [-0.05, 0) is 18.4 Å². The van der Waals surface area contributed by atoms with Crippen LogP contribution in [0.15, 0.2) is 30.3 Å². The van der Waals surface area contributed by atoms with Crippen LogP contribution < -0.4 is 10.6 Å². The van der Waals surface area contributed by atoms with E-state index in [9.17, 15) is 14.7 Å². The Hall–Kier alpha value is -1.63. The van der Waals surface area contributed by atoms with Gasteiger partial charge in [-0.2, -0.15) is 0 Å². The van der Waals surface area contributed by atoms with Crippen molar-refractivity contribution in [2.24, 2.45) is 11.8 Å². The molecule has 0 saturated carbocycles. The lowest BCUT2D eigenvalue weighted by atomic mass is 9.96. The number of halogens is 1. The molecule has 0 bridgehead atoms. The summed E-state index contributed by atoms with van der Waals surface area (Å²) in [7, 11) is 0. The van der Waals surface area contributed by atoms with Crippen molar-refractivity contribution in [3.63, 3.8) is 0 Å². The molecule has 7 heteroatoms. The summed E-state index contributed by atoms with van der Waals surface area (Å²) in [5.41, 5.74) is 1.00. The van der Waals surface area contributed by atoms with Crippen LogP contribution >= 0.6 is 12.4 Å². The first-order valence-corrected chi connectivity index (χ1v) is 9.11. The smallest absolute Gasteiger partial charge is 0.227 e. The number of hydrogen-bond donors (Lipinski definition) is 3. The van der Waals surface area contributed by atoms with Gasteiger partial charge in [-0.1, -0.05) is 30.3 Å². The predicted octanol–water partition coefficient (Wildman–Crippen LogP) is 0.586. The average Bonchev–Trinajstić information content (AvgIpc) is 3.05. The summed E-state index contributed by atoms with van der Waals surface area (Å²) < 4.78 is 0. The Morgan fingerprint density at radius 2 is 2.00 bits per heavy atom. The van der Waals surface area contributed by atoms with E-state index < -0.39 is 6.10 Å². The molecule has 3 N–H and O–H groups in total. The number of nitrogens with one attached hydrogen (secondary N) is 2. The monoisotopic (exact) mass is 381 g/mol. The Kier molecular flexibility index (Phi) is 7.87. The quantitative estimate of drug-likeness (QED) is 0.697. The van der Waals surface area contributed by atoms with E-state index in [-0.39, 0.29) is 36.1 Å². The molecule has 3 unspecified atom stereocenters. The number of hydrogen-bond acceptors (Lipinski definition) is 4. The molecule has 2 aliphatic heterocycles. The van der Waals surface area contributed by atoms with Crippen LogP contribution in [-0.2, 0) is 16.0 Å². The molecule has 2 fully saturated rings. The molecule has 0 aromatic heterocycles. The predicted molar refractivity (Wildman–Crippen MR) is 102 cm³/mol. The summed E-state index contributed by atoms with van der Waals surface area (Å²) in [5, 5.41) is 15.9. The molecule has 3 rings (SSSR count). The van der Waals surface area contributed by atoms with Crippen molar-refractivity contribution in [2.45, 2.75) is 25.4 Å². The number of β-amino-alcohol motifs (C(OH)–C–C–N with tert-alkyl or cyclic N) is 1. The van der Waals surface area contributed by atoms with E-state index in [0.29, 0.717) is 26.1 Å². The zero-order chi connectivity index (χ0) is 17.6. The largest absolute Gasteiger partial charge is 0.391 e. The van der Waals surface area contributed by atoms with Gasteiger partial charge in [0.15, 0.2) is 0 Å². The number of nitrogens with zero attached hydrogens (tertiary/aromatic N) is 1. The Balaban J connectivity index is 0.00000243. The molecule has 0 aliphatic carbocycles. The van der Waals surface area contributed by atoms with E-state index in [1.54, 1.807) is 0 Å². The van der Waals surface area contributed by atoms with Crippen molar-refractivity contribution in [1.82, 2.24) is 15.5 Å². The molecule has 26 heavy (non-hydrogen) atoms. The number of amides is 2. The molecule has 1 aromatic carbocycles. The highest BCUT2D eigenvalue weighted by Crippen LogP contribution is 2.18. The van der Waals surface area contributed by atoms with Crippen LogP contribution in [0.4, 0.5) is 0 Å². The SMILES string of the molecule is Cl.O=C(NCC1CNCC1O)C1CCCN(C(=O)Cc2ccccc2)C1. The van der Waals surface area contributed by atoms with E-state index >= 15 is 0 Å². The van der Waals surface area contributed by atoms with Crippen LogP contribution in [0.25, 0.3) is 0 Å². The fourth-order valence-corrected chi connectivity index (χ4v) is 3.60. The molecule has 2 heterocycles. The molecule has 6 nitrogen and oxygen atoms in total. The van der Waals surface area contributed by atoms with Gasteiger partial charge in [0, 0.05) is 38.6 Å². The van der Waals surface area contributed by atoms with Crippen LogP contribution in [-0.4, -0.2) is 60.6 Å². The zero-order valence-corrected chi connectivity index (χ0v) is 15.7. The lowest BCUT2D eigenvalue weighted by Crippen LogP contribution is -2.47. The van der Waals surface area contributed by atoms with Gasteiger partial charge in [0.05, 0.1) is 18.4 Å². The highest BCUT2D eigenvalue weighted by Gasteiger charge is 2.30. The third kappa shape index (κ3) is 5.43. The first kappa shape index (κ1) is 20.7. The zero-order valence-electron chi connectivity index (χ0n) is 14.9. The van der Waals surface area contributed by atoms with Crippen molar-refractivity contribution < 1.29 is 14.7 Å². The third-order valence-electron chi connectivity index (χ3n) is 5.19. The third-order valence-corrected chi connectivity index (χ3v) is 5.19. The van der Waals surface area contributed by atoms with E-state index in [1.165, 1.54) is 0 Å². The molecule has 2 amide bonds.